The van der Waals surface area contributed by atoms with Crippen molar-refractivity contribution in [3.63, 3.8) is 0 Å². The zero-order valence-corrected chi connectivity index (χ0v) is 19.1. The Hall–Kier alpha value is -3.71. The predicted octanol–water partition coefficient (Wildman–Crippen LogP) is 3.59. The fraction of sp³-hybridized carbons (Fsp3) is 0.200. The van der Waals surface area contributed by atoms with E-state index in [1.165, 1.54) is 42.4 Å². The molecule has 0 saturated heterocycles. The van der Waals surface area contributed by atoms with E-state index in [0.717, 1.165) is 10.9 Å². The molecule has 0 atom stereocenters. The van der Waals surface area contributed by atoms with Crippen molar-refractivity contribution in [2.45, 2.75) is 12.1 Å². The van der Waals surface area contributed by atoms with Crippen molar-refractivity contribution >= 4 is 46.5 Å². The normalized spacial score (nSPS) is 13.3. The highest BCUT2D eigenvalue weighted by atomic mass is 32.2. The Labute approximate surface area is 195 Å². The zero-order chi connectivity index (χ0) is 23.5. The molecule has 0 bridgehead atoms. The molecule has 2 aromatic heterocycles. The highest BCUT2D eigenvalue weighted by Crippen LogP contribution is 2.38. The summed E-state index contributed by atoms with van der Waals surface area (Å²) in [5.41, 5.74) is 0.214. The maximum atomic E-state index is 12.8. The number of fused-ring (bicyclic) bond motifs is 1. The summed E-state index contributed by atoms with van der Waals surface area (Å²) in [4.78, 5) is 24.3. The van der Waals surface area contributed by atoms with E-state index in [1.54, 1.807) is 11.6 Å². The van der Waals surface area contributed by atoms with Crippen molar-refractivity contribution in [2.75, 3.05) is 19.5 Å². The number of nitrogens with zero attached hydrogens (tertiary/aromatic N) is 5. The van der Waals surface area contributed by atoms with Crippen LogP contribution >= 0.6 is 23.1 Å². The van der Waals surface area contributed by atoms with Gasteiger partial charge < -0.3 is 14.6 Å². The number of thiophene rings is 1. The molecule has 0 aliphatic carbocycles. The first-order valence-corrected chi connectivity index (χ1v) is 11.4. The number of nitro groups is 1. The molecule has 0 unspecified atom stereocenters. The van der Waals surface area contributed by atoms with Crippen molar-refractivity contribution in [1.82, 2.24) is 14.9 Å². The van der Waals surface area contributed by atoms with E-state index in [2.05, 4.69) is 15.3 Å². The number of carbonyl (C=O) groups excluding carboxylic acids is 1. The van der Waals surface area contributed by atoms with E-state index < -0.39 is 22.3 Å². The van der Waals surface area contributed by atoms with E-state index in [0.29, 0.717) is 22.4 Å². The van der Waals surface area contributed by atoms with Gasteiger partial charge in [0.2, 0.25) is 10.9 Å². The summed E-state index contributed by atoms with van der Waals surface area (Å²) in [7, 11) is 1.28. The molecule has 3 heterocycles. The number of hydrogen-bond acceptors (Lipinski definition) is 11. The third-order valence-corrected chi connectivity index (χ3v) is 6.32. The molecule has 1 N–H and O–H groups in total. The van der Waals surface area contributed by atoms with E-state index in [4.69, 9.17) is 9.47 Å². The molecule has 0 saturated carbocycles. The second-order valence-electron chi connectivity index (χ2n) is 6.56. The summed E-state index contributed by atoms with van der Waals surface area (Å²) < 4.78 is 11.8. The molecule has 1 aliphatic rings. The Morgan fingerprint density at radius 1 is 1.39 bits per heavy atom. The van der Waals surface area contributed by atoms with Crippen LogP contribution in [0.2, 0.25) is 0 Å². The summed E-state index contributed by atoms with van der Waals surface area (Å²) in [6, 6.07) is 6.31. The number of rotatable bonds is 7. The number of ether oxygens (including phenoxy) is 2. The lowest BCUT2D eigenvalue weighted by Gasteiger charge is -2.15. The van der Waals surface area contributed by atoms with Crippen molar-refractivity contribution < 1.29 is 24.3 Å². The Bertz CT molecular complexity index is 1280. The Balaban J connectivity index is 1.84. The van der Waals surface area contributed by atoms with Gasteiger partial charge in [-0.15, -0.1) is 21.5 Å². The van der Waals surface area contributed by atoms with Crippen LogP contribution in [0.1, 0.15) is 12.5 Å². The molecule has 33 heavy (non-hydrogen) atoms. The first-order valence-electron chi connectivity index (χ1n) is 9.57. The number of hydrogen-bond donors (Lipinski definition) is 1. The third-order valence-electron chi connectivity index (χ3n) is 4.52. The average Bonchev–Trinajstić information content (AvgIpc) is 3.47. The van der Waals surface area contributed by atoms with Gasteiger partial charge >= 0.3 is 11.7 Å². The molecule has 0 amide bonds. The molecular weight excluding hydrogens is 470 g/mol. The highest BCUT2D eigenvalue weighted by molar-refractivity contribution is 7.99. The topological polar surface area (TPSA) is 142 Å². The van der Waals surface area contributed by atoms with Gasteiger partial charge in [-0.25, -0.2) is 4.79 Å². The van der Waals surface area contributed by atoms with Gasteiger partial charge in [-0.3, -0.25) is 10.1 Å². The van der Waals surface area contributed by atoms with Crippen molar-refractivity contribution in [2.24, 2.45) is 5.10 Å². The predicted molar refractivity (Wildman–Crippen MR) is 123 cm³/mol. The number of aromatic hydroxyl groups is 1. The van der Waals surface area contributed by atoms with Gasteiger partial charge in [0.15, 0.2) is 11.6 Å². The van der Waals surface area contributed by atoms with Gasteiger partial charge in [0.25, 0.3) is 0 Å². The number of aromatic nitrogens is 3. The zero-order valence-electron chi connectivity index (χ0n) is 17.4. The van der Waals surface area contributed by atoms with Crippen LogP contribution in [0.5, 0.6) is 11.5 Å². The SMILES string of the molecule is CCOC(=O)/C(=C\c1cc(OC)c(O)c([N+](=O)[O-])c1)C1=Nn2c(nnc2-c2cccs2)SC1. The van der Waals surface area contributed by atoms with Crippen molar-refractivity contribution in [1.29, 1.82) is 0 Å². The quantitative estimate of drug-likeness (QED) is 0.229. The Morgan fingerprint density at radius 3 is 2.88 bits per heavy atom. The van der Waals surface area contributed by atoms with Crippen LogP contribution in [-0.4, -0.2) is 56.1 Å². The van der Waals surface area contributed by atoms with E-state index >= 15 is 0 Å². The second kappa shape index (κ2) is 9.42. The maximum absolute atomic E-state index is 12.8. The van der Waals surface area contributed by atoms with Gasteiger partial charge in [0, 0.05) is 11.8 Å². The summed E-state index contributed by atoms with van der Waals surface area (Å²) >= 11 is 2.83. The lowest BCUT2D eigenvalue weighted by molar-refractivity contribution is -0.386. The van der Waals surface area contributed by atoms with Crippen LogP contribution in [0.4, 0.5) is 5.69 Å². The molecule has 3 aromatic rings. The van der Waals surface area contributed by atoms with E-state index in [-0.39, 0.29) is 23.5 Å². The average molecular weight is 488 g/mol. The molecular formula is C20H17N5O6S2. The number of phenols is 1. The largest absolute Gasteiger partial charge is 0.500 e. The summed E-state index contributed by atoms with van der Waals surface area (Å²) in [6.45, 7) is 1.81. The molecule has 170 valence electrons. The molecule has 0 spiro atoms. The number of phenolic OH excluding ortho intramolecular Hbond substituents is 1. The van der Waals surface area contributed by atoms with E-state index in [1.807, 2.05) is 17.5 Å². The molecule has 4 rings (SSSR count). The van der Waals surface area contributed by atoms with Gasteiger partial charge in [-0.1, -0.05) is 17.8 Å². The van der Waals surface area contributed by atoms with Crippen LogP contribution in [0.25, 0.3) is 16.8 Å². The maximum Gasteiger partial charge on any atom is 0.340 e. The number of benzene rings is 1. The monoisotopic (exact) mass is 487 g/mol. The van der Waals surface area contributed by atoms with Crippen LogP contribution in [0, 0.1) is 10.1 Å². The van der Waals surface area contributed by atoms with Gasteiger partial charge in [0.1, 0.15) is 0 Å². The summed E-state index contributed by atoms with van der Waals surface area (Å²) in [5.74, 6) is -0.488. The molecule has 0 radical (unpaired) electrons. The number of carbonyl (C=O) groups is 1. The Morgan fingerprint density at radius 2 is 2.21 bits per heavy atom. The molecule has 0 fully saturated rings. The van der Waals surface area contributed by atoms with Crippen LogP contribution in [-0.2, 0) is 9.53 Å². The minimum Gasteiger partial charge on any atom is -0.500 e. The smallest absolute Gasteiger partial charge is 0.340 e. The number of nitro benzene ring substituents is 1. The molecule has 11 nitrogen and oxygen atoms in total. The van der Waals surface area contributed by atoms with Crippen LogP contribution in [0.3, 0.4) is 0 Å². The van der Waals surface area contributed by atoms with Crippen LogP contribution in [0.15, 0.2) is 45.5 Å². The highest BCUT2D eigenvalue weighted by Gasteiger charge is 2.27. The second-order valence-corrected chi connectivity index (χ2v) is 8.45. The fourth-order valence-corrected chi connectivity index (χ4v) is 4.57. The number of esters is 1. The molecule has 1 aliphatic heterocycles. The lowest BCUT2D eigenvalue weighted by atomic mass is 10.1. The van der Waals surface area contributed by atoms with Crippen LogP contribution < -0.4 is 4.74 Å². The first kappa shape index (κ1) is 22.5. The minimum atomic E-state index is -0.732. The third kappa shape index (κ3) is 4.45. The van der Waals surface area contributed by atoms with Gasteiger partial charge in [-0.05, 0) is 36.1 Å². The lowest BCUT2D eigenvalue weighted by Crippen LogP contribution is -2.21. The number of thioether (sulfide) groups is 1. The van der Waals surface area contributed by atoms with Gasteiger partial charge in [-0.2, -0.15) is 9.78 Å². The molecule has 13 heteroatoms. The number of methoxy groups -OCH3 is 1. The molecule has 1 aromatic carbocycles. The minimum absolute atomic E-state index is 0.0975. The van der Waals surface area contributed by atoms with Crippen molar-refractivity contribution in [3.05, 3.63) is 50.9 Å². The Kier molecular flexibility index (Phi) is 6.42. The van der Waals surface area contributed by atoms with E-state index in [9.17, 15) is 20.0 Å². The standard InChI is InChI=1S/C20H17N5O6S2/c1-3-31-19(27)12(7-11-8-14(25(28)29)17(26)15(9-11)30-2)13-10-33-20-22-21-18(24(20)23-13)16-5-4-6-32-16/h4-9,26H,3,10H2,1-2H3/b12-7-. The summed E-state index contributed by atoms with van der Waals surface area (Å²) in [6.07, 6.45) is 1.42. The van der Waals surface area contributed by atoms with Crippen molar-refractivity contribution in [3.8, 4) is 22.2 Å². The van der Waals surface area contributed by atoms with Gasteiger partial charge in [0.05, 0.1) is 34.8 Å². The first-order chi connectivity index (χ1) is 15.9. The fourth-order valence-electron chi connectivity index (χ4n) is 3.05. The summed E-state index contributed by atoms with van der Waals surface area (Å²) in [5, 5.41) is 36.8.